The zero-order chi connectivity index (χ0) is 13.8. The molecule has 0 N–H and O–H groups in total. The van der Waals surface area contributed by atoms with E-state index in [1.165, 1.54) is 31.2 Å². The summed E-state index contributed by atoms with van der Waals surface area (Å²) >= 11 is 0. The highest BCUT2D eigenvalue weighted by molar-refractivity contribution is 5.94. The number of ether oxygens (including phenoxy) is 1. The largest absolute Gasteiger partial charge is 0.489 e. The zero-order valence-electron chi connectivity index (χ0n) is 10.3. The molecule has 0 amide bonds. The maximum absolute atomic E-state index is 13.5. The topological polar surface area (TPSA) is 26.3 Å². The van der Waals surface area contributed by atoms with Crippen LogP contribution in [0.15, 0.2) is 42.5 Å². The number of carbonyl (C=O) groups is 1. The van der Waals surface area contributed by atoms with Gasteiger partial charge in [-0.05, 0) is 36.8 Å². The lowest BCUT2D eigenvalue weighted by atomic mass is 10.1. The van der Waals surface area contributed by atoms with Gasteiger partial charge in [0.1, 0.15) is 24.0 Å². The number of ketones is 1. The van der Waals surface area contributed by atoms with Gasteiger partial charge in [0.05, 0.1) is 5.56 Å². The third-order valence-corrected chi connectivity index (χ3v) is 2.61. The normalized spacial score (nSPS) is 10.3. The molecular weight excluding hydrogens is 250 g/mol. The number of rotatable bonds is 4. The molecule has 0 aliphatic heterocycles. The van der Waals surface area contributed by atoms with Crippen molar-refractivity contribution in [3.05, 3.63) is 65.2 Å². The number of carbonyl (C=O) groups excluding carboxylic acids is 1. The number of benzene rings is 2. The fraction of sp³-hybridized carbons (Fsp3) is 0.133. The number of halogens is 2. The van der Waals surface area contributed by atoms with E-state index in [1.54, 1.807) is 12.1 Å². The van der Waals surface area contributed by atoms with Crippen molar-refractivity contribution >= 4 is 5.78 Å². The first-order valence-electron chi connectivity index (χ1n) is 5.74. The molecular formula is C15H12F2O2. The molecule has 98 valence electrons. The summed E-state index contributed by atoms with van der Waals surface area (Å²) in [7, 11) is 0. The molecule has 0 aliphatic carbocycles. The standard InChI is InChI=1S/C15H12F2O2/c1-10(18)14-6-5-13(8-15(14)17)19-9-11-3-2-4-12(16)7-11/h2-8H,9H2,1H3. The second kappa shape index (κ2) is 5.61. The lowest BCUT2D eigenvalue weighted by molar-refractivity contribution is 0.101. The van der Waals surface area contributed by atoms with Crippen LogP contribution in [-0.4, -0.2) is 5.78 Å². The summed E-state index contributed by atoms with van der Waals surface area (Å²) in [5.41, 5.74) is 0.675. The van der Waals surface area contributed by atoms with Crippen molar-refractivity contribution in [3.63, 3.8) is 0 Å². The Balaban J connectivity index is 2.08. The monoisotopic (exact) mass is 262 g/mol. The molecule has 19 heavy (non-hydrogen) atoms. The molecule has 0 bridgehead atoms. The molecule has 2 aromatic rings. The minimum absolute atomic E-state index is 0.0260. The average molecular weight is 262 g/mol. The van der Waals surface area contributed by atoms with E-state index in [1.807, 2.05) is 0 Å². The van der Waals surface area contributed by atoms with Crippen molar-refractivity contribution in [2.45, 2.75) is 13.5 Å². The van der Waals surface area contributed by atoms with E-state index in [0.717, 1.165) is 6.07 Å². The van der Waals surface area contributed by atoms with Crippen LogP contribution in [0.1, 0.15) is 22.8 Å². The first-order chi connectivity index (χ1) is 9.06. The quantitative estimate of drug-likeness (QED) is 0.784. The van der Waals surface area contributed by atoms with E-state index in [0.29, 0.717) is 11.3 Å². The number of hydrogen-bond donors (Lipinski definition) is 0. The van der Waals surface area contributed by atoms with Crippen molar-refractivity contribution in [1.29, 1.82) is 0 Å². The van der Waals surface area contributed by atoms with Crippen molar-refractivity contribution in [2.24, 2.45) is 0 Å². The average Bonchev–Trinajstić information content (AvgIpc) is 2.36. The zero-order valence-corrected chi connectivity index (χ0v) is 10.3. The SMILES string of the molecule is CC(=O)c1ccc(OCc2cccc(F)c2)cc1F. The molecule has 0 aliphatic rings. The van der Waals surface area contributed by atoms with Crippen LogP contribution in [-0.2, 0) is 6.61 Å². The first kappa shape index (κ1) is 13.2. The minimum Gasteiger partial charge on any atom is -0.489 e. The molecule has 0 atom stereocenters. The third-order valence-electron chi connectivity index (χ3n) is 2.61. The molecule has 0 fully saturated rings. The van der Waals surface area contributed by atoms with E-state index >= 15 is 0 Å². The molecule has 0 unspecified atom stereocenters. The molecule has 0 spiro atoms. The van der Waals surface area contributed by atoms with E-state index in [9.17, 15) is 13.6 Å². The van der Waals surface area contributed by atoms with Gasteiger partial charge in [-0.1, -0.05) is 12.1 Å². The molecule has 2 nitrogen and oxygen atoms in total. The van der Waals surface area contributed by atoms with Crippen molar-refractivity contribution < 1.29 is 18.3 Å². The molecule has 2 rings (SSSR count). The van der Waals surface area contributed by atoms with Crippen LogP contribution in [0.3, 0.4) is 0 Å². The van der Waals surface area contributed by atoms with Gasteiger partial charge in [-0.3, -0.25) is 4.79 Å². The van der Waals surface area contributed by atoms with Gasteiger partial charge in [-0.25, -0.2) is 8.78 Å². The lowest BCUT2D eigenvalue weighted by Crippen LogP contribution is -2.00. The van der Waals surface area contributed by atoms with E-state index in [2.05, 4.69) is 0 Å². The van der Waals surface area contributed by atoms with Crippen LogP contribution in [0.5, 0.6) is 5.75 Å². The van der Waals surface area contributed by atoms with Gasteiger partial charge in [0.15, 0.2) is 5.78 Å². The van der Waals surface area contributed by atoms with Crippen molar-refractivity contribution in [1.82, 2.24) is 0 Å². The summed E-state index contributed by atoms with van der Waals surface area (Å²) in [6.07, 6.45) is 0. The summed E-state index contributed by atoms with van der Waals surface area (Å²) in [5, 5.41) is 0. The van der Waals surface area contributed by atoms with Crippen molar-refractivity contribution in [3.8, 4) is 5.75 Å². The Hall–Kier alpha value is -2.23. The van der Waals surface area contributed by atoms with Gasteiger partial charge in [-0.2, -0.15) is 0 Å². The van der Waals surface area contributed by atoms with Crippen LogP contribution < -0.4 is 4.74 Å². The molecule has 0 heterocycles. The van der Waals surface area contributed by atoms with Crippen LogP contribution in [0.4, 0.5) is 8.78 Å². The highest BCUT2D eigenvalue weighted by Crippen LogP contribution is 2.18. The lowest BCUT2D eigenvalue weighted by Gasteiger charge is -2.07. The maximum Gasteiger partial charge on any atom is 0.162 e. The highest BCUT2D eigenvalue weighted by atomic mass is 19.1. The Morgan fingerprint density at radius 3 is 2.58 bits per heavy atom. The summed E-state index contributed by atoms with van der Waals surface area (Å²) in [6, 6.07) is 10.0. The van der Waals surface area contributed by atoms with Crippen LogP contribution >= 0.6 is 0 Å². The Morgan fingerprint density at radius 1 is 1.16 bits per heavy atom. The predicted molar refractivity (Wildman–Crippen MR) is 67.1 cm³/mol. The Labute approximate surface area is 109 Å². The Kier molecular flexibility index (Phi) is 3.90. The van der Waals surface area contributed by atoms with Gasteiger partial charge in [0.25, 0.3) is 0 Å². The van der Waals surface area contributed by atoms with Crippen LogP contribution in [0.25, 0.3) is 0 Å². The van der Waals surface area contributed by atoms with E-state index in [-0.39, 0.29) is 23.8 Å². The molecule has 4 heteroatoms. The highest BCUT2D eigenvalue weighted by Gasteiger charge is 2.08. The van der Waals surface area contributed by atoms with Gasteiger partial charge >= 0.3 is 0 Å². The second-order valence-corrected chi connectivity index (χ2v) is 4.12. The van der Waals surface area contributed by atoms with E-state index < -0.39 is 5.82 Å². The number of hydrogen-bond acceptors (Lipinski definition) is 2. The maximum atomic E-state index is 13.5. The summed E-state index contributed by atoms with van der Waals surface area (Å²) < 4.78 is 31.8. The van der Waals surface area contributed by atoms with Crippen LogP contribution in [0, 0.1) is 11.6 Å². The van der Waals surface area contributed by atoms with Gasteiger partial charge in [0, 0.05) is 6.07 Å². The minimum atomic E-state index is -0.621. The fourth-order valence-corrected chi connectivity index (χ4v) is 1.66. The van der Waals surface area contributed by atoms with Crippen LogP contribution in [0.2, 0.25) is 0 Å². The number of Topliss-reactive ketones (excluding diaryl/α,β-unsaturated/α-hetero) is 1. The summed E-state index contributed by atoms with van der Waals surface area (Å²) in [5.74, 6) is -1.01. The summed E-state index contributed by atoms with van der Waals surface area (Å²) in [6.45, 7) is 1.43. The molecule has 2 aromatic carbocycles. The Morgan fingerprint density at radius 2 is 1.95 bits per heavy atom. The van der Waals surface area contributed by atoms with Gasteiger partial charge < -0.3 is 4.74 Å². The van der Waals surface area contributed by atoms with Gasteiger partial charge in [-0.15, -0.1) is 0 Å². The smallest absolute Gasteiger partial charge is 0.162 e. The summed E-state index contributed by atoms with van der Waals surface area (Å²) in [4.78, 5) is 11.1. The van der Waals surface area contributed by atoms with Crippen molar-refractivity contribution in [2.75, 3.05) is 0 Å². The predicted octanol–water partition coefficient (Wildman–Crippen LogP) is 3.75. The molecule has 0 saturated carbocycles. The molecule has 0 aromatic heterocycles. The second-order valence-electron chi connectivity index (χ2n) is 4.12. The molecule has 0 saturated heterocycles. The van der Waals surface area contributed by atoms with E-state index in [4.69, 9.17) is 4.74 Å². The Bertz CT molecular complexity index is 609. The first-order valence-corrected chi connectivity index (χ1v) is 5.74. The van der Waals surface area contributed by atoms with Gasteiger partial charge in [0.2, 0.25) is 0 Å². The fourth-order valence-electron chi connectivity index (χ4n) is 1.66. The third kappa shape index (κ3) is 3.37. The molecule has 0 radical (unpaired) electrons.